The van der Waals surface area contributed by atoms with E-state index in [1.165, 1.54) is 5.56 Å². The monoisotopic (exact) mass is 408 g/mol. The van der Waals surface area contributed by atoms with Gasteiger partial charge in [0.05, 0.1) is 13.2 Å². The van der Waals surface area contributed by atoms with Crippen LogP contribution in [0.5, 0.6) is 5.75 Å². The van der Waals surface area contributed by atoms with Crippen molar-refractivity contribution < 1.29 is 23.8 Å². The standard InChI is InChI=1S/C23H24N2O5/c1-16-4-6-17(7-5-16)14-24-10-11-25(23(15-24)29-21(26)22(27)30-23)19-8-9-20-18(13-19)3-2-12-28-20/h4-9,13H,2-3,10-12,14-15H2,1H3. The minimum absolute atomic E-state index is 0.284. The summed E-state index contributed by atoms with van der Waals surface area (Å²) in [5.41, 5.74) is 4.34. The van der Waals surface area contributed by atoms with Gasteiger partial charge in [0.2, 0.25) is 0 Å². The number of piperazine rings is 1. The molecule has 2 saturated heterocycles. The van der Waals surface area contributed by atoms with Gasteiger partial charge in [-0.25, -0.2) is 9.59 Å². The molecule has 7 nitrogen and oxygen atoms in total. The summed E-state index contributed by atoms with van der Waals surface area (Å²) in [6.07, 6.45) is 1.90. The zero-order valence-corrected chi connectivity index (χ0v) is 16.9. The molecule has 2 aromatic carbocycles. The molecule has 1 spiro atoms. The number of ether oxygens (including phenoxy) is 3. The van der Waals surface area contributed by atoms with Gasteiger partial charge < -0.3 is 14.2 Å². The smallest absolute Gasteiger partial charge is 0.422 e. The summed E-state index contributed by atoms with van der Waals surface area (Å²) in [6.45, 7) is 5.06. The van der Waals surface area contributed by atoms with E-state index in [9.17, 15) is 9.59 Å². The predicted octanol–water partition coefficient (Wildman–Crippen LogP) is 2.40. The van der Waals surface area contributed by atoms with Crippen molar-refractivity contribution in [3.05, 3.63) is 59.2 Å². The van der Waals surface area contributed by atoms with Crippen LogP contribution in [0.4, 0.5) is 5.69 Å². The Morgan fingerprint density at radius 2 is 1.77 bits per heavy atom. The maximum absolute atomic E-state index is 12.0. The van der Waals surface area contributed by atoms with Gasteiger partial charge in [-0.3, -0.25) is 9.80 Å². The molecule has 0 saturated carbocycles. The lowest BCUT2D eigenvalue weighted by Gasteiger charge is -2.46. The molecule has 0 amide bonds. The third-order valence-electron chi connectivity index (χ3n) is 5.88. The first-order valence-corrected chi connectivity index (χ1v) is 10.3. The molecule has 0 bridgehead atoms. The average molecular weight is 408 g/mol. The molecule has 3 aliphatic heterocycles. The van der Waals surface area contributed by atoms with Crippen molar-refractivity contribution >= 4 is 17.6 Å². The molecular formula is C23H24N2O5. The van der Waals surface area contributed by atoms with E-state index in [0.29, 0.717) is 13.1 Å². The Morgan fingerprint density at radius 1 is 1.00 bits per heavy atom. The van der Waals surface area contributed by atoms with Gasteiger partial charge in [-0.1, -0.05) is 29.8 Å². The fourth-order valence-corrected chi connectivity index (χ4v) is 4.35. The van der Waals surface area contributed by atoms with E-state index in [1.807, 2.05) is 23.1 Å². The summed E-state index contributed by atoms with van der Waals surface area (Å²) < 4.78 is 16.8. The number of hydrogen-bond donors (Lipinski definition) is 0. The number of hydrogen-bond acceptors (Lipinski definition) is 7. The fraction of sp³-hybridized carbons (Fsp3) is 0.391. The Bertz CT molecular complexity index is 972. The number of carbonyl (C=O) groups is 2. The van der Waals surface area contributed by atoms with E-state index >= 15 is 0 Å². The van der Waals surface area contributed by atoms with E-state index in [-0.39, 0.29) is 6.54 Å². The normalized spacial score (nSPS) is 20.5. The van der Waals surface area contributed by atoms with Crippen LogP contribution >= 0.6 is 0 Å². The second kappa shape index (κ2) is 7.32. The highest BCUT2D eigenvalue weighted by molar-refractivity contribution is 6.31. The maximum Gasteiger partial charge on any atom is 0.422 e. The van der Waals surface area contributed by atoms with Crippen molar-refractivity contribution in [1.29, 1.82) is 0 Å². The van der Waals surface area contributed by atoms with Gasteiger partial charge in [-0.2, -0.15) is 0 Å². The molecule has 2 aromatic rings. The highest BCUT2D eigenvalue weighted by Crippen LogP contribution is 2.37. The van der Waals surface area contributed by atoms with Gasteiger partial charge in [0.25, 0.3) is 0 Å². The molecule has 0 aromatic heterocycles. The van der Waals surface area contributed by atoms with Crippen molar-refractivity contribution in [2.45, 2.75) is 32.2 Å². The van der Waals surface area contributed by atoms with Gasteiger partial charge in [0.1, 0.15) is 5.75 Å². The second-order valence-electron chi connectivity index (χ2n) is 8.08. The van der Waals surface area contributed by atoms with Crippen LogP contribution in [0.3, 0.4) is 0 Å². The number of nitrogens with zero attached hydrogens (tertiary/aromatic N) is 2. The van der Waals surface area contributed by atoms with Crippen molar-refractivity contribution in [3.8, 4) is 5.75 Å². The maximum atomic E-state index is 12.0. The number of benzene rings is 2. The lowest BCUT2D eigenvalue weighted by Crippen LogP contribution is -2.63. The molecular weight excluding hydrogens is 384 g/mol. The van der Waals surface area contributed by atoms with Crippen LogP contribution in [-0.2, 0) is 32.0 Å². The van der Waals surface area contributed by atoms with Gasteiger partial charge in [0.15, 0.2) is 0 Å². The molecule has 156 valence electrons. The Kier molecular flexibility index (Phi) is 4.62. The molecule has 30 heavy (non-hydrogen) atoms. The van der Waals surface area contributed by atoms with Crippen molar-refractivity contribution in [3.63, 3.8) is 0 Å². The topological polar surface area (TPSA) is 68.3 Å². The molecule has 0 N–H and O–H groups in total. The highest BCUT2D eigenvalue weighted by Gasteiger charge is 2.56. The molecule has 3 aliphatic rings. The van der Waals surface area contributed by atoms with Crippen LogP contribution in [0.25, 0.3) is 0 Å². The van der Waals surface area contributed by atoms with Crippen LogP contribution in [0.15, 0.2) is 42.5 Å². The van der Waals surface area contributed by atoms with E-state index in [4.69, 9.17) is 14.2 Å². The Labute approximate surface area is 175 Å². The largest absolute Gasteiger partial charge is 0.493 e. The Morgan fingerprint density at radius 3 is 2.53 bits per heavy atom. The van der Waals surface area contributed by atoms with Crippen LogP contribution in [0, 0.1) is 6.92 Å². The van der Waals surface area contributed by atoms with E-state index in [2.05, 4.69) is 36.1 Å². The predicted molar refractivity (Wildman–Crippen MR) is 109 cm³/mol. The molecule has 0 atom stereocenters. The number of aryl methyl sites for hydroxylation is 2. The van der Waals surface area contributed by atoms with Crippen molar-refractivity contribution in [2.24, 2.45) is 0 Å². The number of rotatable bonds is 3. The van der Waals surface area contributed by atoms with Crippen molar-refractivity contribution in [1.82, 2.24) is 4.90 Å². The number of fused-ring (bicyclic) bond motifs is 1. The van der Waals surface area contributed by atoms with Crippen molar-refractivity contribution in [2.75, 3.05) is 31.1 Å². The van der Waals surface area contributed by atoms with Crippen LogP contribution in [0.1, 0.15) is 23.1 Å². The summed E-state index contributed by atoms with van der Waals surface area (Å²) in [7, 11) is 0. The highest BCUT2D eigenvalue weighted by atomic mass is 16.8. The summed E-state index contributed by atoms with van der Waals surface area (Å²) >= 11 is 0. The number of esters is 2. The third kappa shape index (κ3) is 3.39. The zero-order valence-electron chi connectivity index (χ0n) is 16.9. The Hall–Kier alpha value is -3.06. The van der Waals surface area contributed by atoms with Crippen LogP contribution in [-0.4, -0.2) is 49.0 Å². The van der Waals surface area contributed by atoms with Gasteiger partial charge in [-0.15, -0.1) is 0 Å². The molecule has 5 rings (SSSR count). The van der Waals surface area contributed by atoms with Gasteiger partial charge in [-0.05, 0) is 49.1 Å². The van der Waals surface area contributed by atoms with Crippen LogP contribution < -0.4 is 9.64 Å². The first-order valence-electron chi connectivity index (χ1n) is 10.3. The average Bonchev–Trinajstić information content (AvgIpc) is 3.02. The quantitative estimate of drug-likeness (QED) is 0.571. The lowest BCUT2D eigenvalue weighted by molar-refractivity contribution is -0.193. The molecule has 0 radical (unpaired) electrons. The SMILES string of the molecule is Cc1ccc(CN2CCN(c3ccc4c(c3)CCCO4)C3(C2)OC(=O)C(=O)O3)cc1. The summed E-state index contributed by atoms with van der Waals surface area (Å²) in [5.74, 6) is -2.45. The lowest BCUT2D eigenvalue weighted by atomic mass is 10.0. The summed E-state index contributed by atoms with van der Waals surface area (Å²) in [6, 6.07) is 14.2. The van der Waals surface area contributed by atoms with Gasteiger partial charge in [0, 0.05) is 25.3 Å². The minimum atomic E-state index is -1.44. The van der Waals surface area contributed by atoms with E-state index in [1.54, 1.807) is 0 Å². The van der Waals surface area contributed by atoms with Gasteiger partial charge >= 0.3 is 17.8 Å². The first kappa shape index (κ1) is 18.9. The number of carbonyl (C=O) groups excluding carboxylic acids is 2. The first-order chi connectivity index (χ1) is 14.5. The summed E-state index contributed by atoms with van der Waals surface area (Å²) in [4.78, 5) is 28.0. The molecule has 7 heteroatoms. The molecule has 0 unspecified atom stereocenters. The molecule has 3 heterocycles. The summed E-state index contributed by atoms with van der Waals surface area (Å²) in [5, 5.41) is 0. The fourth-order valence-electron chi connectivity index (χ4n) is 4.35. The van der Waals surface area contributed by atoms with Crippen LogP contribution in [0.2, 0.25) is 0 Å². The number of anilines is 1. The molecule has 2 fully saturated rings. The third-order valence-corrected chi connectivity index (χ3v) is 5.88. The van der Waals surface area contributed by atoms with E-state index in [0.717, 1.165) is 48.6 Å². The van der Waals surface area contributed by atoms with E-state index < -0.39 is 17.8 Å². The Balaban J connectivity index is 1.43. The molecule has 0 aliphatic carbocycles. The minimum Gasteiger partial charge on any atom is -0.493 e. The second-order valence-corrected chi connectivity index (χ2v) is 8.08. The zero-order chi connectivity index (χ0) is 20.7.